The smallest absolute Gasteiger partial charge is 0.0640 e. The largest absolute Gasteiger partial charge is 0.379 e. The van der Waals surface area contributed by atoms with E-state index in [-0.39, 0.29) is 11.6 Å². The SMILES string of the molecule is CCC(C)(C(NC)c1cccc(Cl)c1Cl)N1CCOCC1. The number of likely N-dealkylation sites (N-methyl/N-ethyl adjacent to an activating group) is 1. The fourth-order valence-corrected chi connectivity index (χ4v) is 3.65. The molecule has 1 fully saturated rings. The number of hydrogen-bond acceptors (Lipinski definition) is 3. The molecule has 1 aromatic rings. The van der Waals surface area contributed by atoms with Crippen molar-refractivity contribution in [3.63, 3.8) is 0 Å². The van der Waals surface area contributed by atoms with Gasteiger partial charge in [-0.15, -0.1) is 0 Å². The lowest BCUT2D eigenvalue weighted by Crippen LogP contribution is -2.57. The third kappa shape index (κ3) is 3.38. The predicted molar refractivity (Wildman–Crippen MR) is 89.4 cm³/mol. The van der Waals surface area contributed by atoms with E-state index < -0.39 is 0 Å². The molecule has 2 unspecified atom stereocenters. The topological polar surface area (TPSA) is 24.5 Å². The van der Waals surface area contributed by atoms with E-state index in [2.05, 4.69) is 30.1 Å². The Morgan fingerprint density at radius 3 is 2.57 bits per heavy atom. The number of halogens is 2. The first-order valence-electron chi connectivity index (χ1n) is 7.48. The maximum absolute atomic E-state index is 6.45. The highest BCUT2D eigenvalue weighted by molar-refractivity contribution is 6.42. The van der Waals surface area contributed by atoms with E-state index in [1.807, 2.05) is 19.2 Å². The van der Waals surface area contributed by atoms with Gasteiger partial charge in [0.2, 0.25) is 0 Å². The summed E-state index contributed by atoms with van der Waals surface area (Å²) >= 11 is 12.7. The van der Waals surface area contributed by atoms with Gasteiger partial charge in [0, 0.05) is 18.6 Å². The number of rotatable bonds is 5. The predicted octanol–water partition coefficient (Wildman–Crippen LogP) is 3.75. The number of ether oxygens (including phenoxy) is 1. The molecule has 0 aliphatic carbocycles. The summed E-state index contributed by atoms with van der Waals surface area (Å²) < 4.78 is 5.49. The van der Waals surface area contributed by atoms with Crippen LogP contribution in [-0.4, -0.2) is 43.8 Å². The molecular formula is C16H24Cl2N2O. The molecule has 0 spiro atoms. The van der Waals surface area contributed by atoms with Gasteiger partial charge in [0.1, 0.15) is 0 Å². The standard InChI is InChI=1S/C16H24Cl2N2O/c1-4-16(2,20-8-10-21-11-9-20)15(19-3)12-6-5-7-13(17)14(12)18/h5-7,15,19H,4,8-11H2,1-3H3. The lowest BCUT2D eigenvalue weighted by atomic mass is 9.82. The van der Waals surface area contributed by atoms with E-state index in [9.17, 15) is 0 Å². The van der Waals surface area contributed by atoms with Crippen LogP contribution in [0.4, 0.5) is 0 Å². The van der Waals surface area contributed by atoms with Gasteiger partial charge in [-0.05, 0) is 32.0 Å². The van der Waals surface area contributed by atoms with Crippen molar-refractivity contribution in [3.8, 4) is 0 Å². The number of nitrogens with zero attached hydrogens (tertiary/aromatic N) is 1. The molecule has 2 atom stereocenters. The number of morpholine rings is 1. The molecule has 1 aliphatic heterocycles. The normalized spacial score (nSPS) is 21.0. The van der Waals surface area contributed by atoms with E-state index in [1.54, 1.807) is 0 Å². The van der Waals surface area contributed by atoms with Gasteiger partial charge in [0.25, 0.3) is 0 Å². The number of hydrogen-bond donors (Lipinski definition) is 1. The van der Waals surface area contributed by atoms with Crippen molar-refractivity contribution in [2.24, 2.45) is 0 Å². The quantitative estimate of drug-likeness (QED) is 0.889. The highest BCUT2D eigenvalue weighted by atomic mass is 35.5. The molecule has 1 saturated heterocycles. The summed E-state index contributed by atoms with van der Waals surface area (Å²) in [6.45, 7) is 7.97. The van der Waals surface area contributed by atoms with Crippen LogP contribution in [-0.2, 0) is 4.74 Å². The molecule has 1 N–H and O–H groups in total. The van der Waals surface area contributed by atoms with Gasteiger partial charge in [-0.1, -0.05) is 42.3 Å². The summed E-state index contributed by atoms with van der Waals surface area (Å²) in [6, 6.07) is 5.97. The second kappa shape index (κ2) is 7.30. The third-order valence-corrected chi connectivity index (χ3v) is 5.49. The van der Waals surface area contributed by atoms with Crippen LogP contribution in [0.3, 0.4) is 0 Å². The Hall–Kier alpha value is -0.320. The molecule has 0 bridgehead atoms. The molecule has 1 aliphatic rings. The lowest BCUT2D eigenvalue weighted by molar-refractivity contribution is -0.0319. The zero-order valence-electron chi connectivity index (χ0n) is 13.0. The summed E-state index contributed by atoms with van der Waals surface area (Å²) in [6.07, 6.45) is 1.02. The summed E-state index contributed by atoms with van der Waals surface area (Å²) in [5.41, 5.74) is 1.02. The summed E-state index contributed by atoms with van der Waals surface area (Å²) in [4.78, 5) is 2.49. The molecule has 1 heterocycles. The van der Waals surface area contributed by atoms with Gasteiger partial charge in [-0.25, -0.2) is 0 Å². The Morgan fingerprint density at radius 1 is 1.33 bits per heavy atom. The minimum absolute atomic E-state index is 0.0349. The second-order valence-corrected chi connectivity index (χ2v) is 6.46. The van der Waals surface area contributed by atoms with Crippen LogP contribution < -0.4 is 5.32 Å². The van der Waals surface area contributed by atoms with Gasteiger partial charge < -0.3 is 10.1 Å². The molecule has 0 amide bonds. The van der Waals surface area contributed by atoms with Crippen LogP contribution >= 0.6 is 23.2 Å². The van der Waals surface area contributed by atoms with Gasteiger partial charge in [-0.2, -0.15) is 0 Å². The lowest BCUT2D eigenvalue weighted by Gasteiger charge is -2.48. The first kappa shape index (κ1) is 17.0. The molecule has 0 saturated carbocycles. The molecule has 1 aromatic carbocycles. The van der Waals surface area contributed by atoms with E-state index >= 15 is 0 Å². The molecule has 0 radical (unpaired) electrons. The summed E-state index contributed by atoms with van der Waals surface area (Å²) in [7, 11) is 1.98. The van der Waals surface area contributed by atoms with Crippen LogP contribution in [0.1, 0.15) is 31.9 Å². The summed E-state index contributed by atoms with van der Waals surface area (Å²) in [5, 5.41) is 4.70. The number of benzene rings is 1. The molecule has 3 nitrogen and oxygen atoms in total. The van der Waals surface area contributed by atoms with Crippen molar-refractivity contribution in [3.05, 3.63) is 33.8 Å². The molecule has 5 heteroatoms. The first-order valence-corrected chi connectivity index (χ1v) is 8.24. The van der Waals surface area contributed by atoms with Crippen molar-refractivity contribution in [1.82, 2.24) is 10.2 Å². The Bertz CT molecular complexity index is 477. The fourth-order valence-electron chi connectivity index (χ4n) is 3.23. The average Bonchev–Trinajstić information content (AvgIpc) is 2.52. The van der Waals surface area contributed by atoms with Crippen molar-refractivity contribution >= 4 is 23.2 Å². The minimum Gasteiger partial charge on any atom is -0.379 e. The van der Waals surface area contributed by atoms with Crippen LogP contribution in [0.25, 0.3) is 0 Å². The first-order chi connectivity index (χ1) is 10.0. The molecule has 21 heavy (non-hydrogen) atoms. The Balaban J connectivity index is 2.38. The Kier molecular flexibility index (Phi) is 5.92. The maximum atomic E-state index is 6.45. The average molecular weight is 331 g/mol. The minimum atomic E-state index is -0.0349. The van der Waals surface area contributed by atoms with Crippen LogP contribution in [0.2, 0.25) is 10.0 Å². The van der Waals surface area contributed by atoms with Crippen LogP contribution in [0, 0.1) is 0 Å². The van der Waals surface area contributed by atoms with E-state index in [4.69, 9.17) is 27.9 Å². The third-order valence-electron chi connectivity index (χ3n) is 4.65. The highest BCUT2D eigenvalue weighted by Crippen LogP contribution is 2.39. The van der Waals surface area contributed by atoms with Crippen molar-refractivity contribution in [2.45, 2.75) is 31.8 Å². The zero-order valence-corrected chi connectivity index (χ0v) is 14.5. The van der Waals surface area contributed by atoms with Crippen molar-refractivity contribution < 1.29 is 4.74 Å². The van der Waals surface area contributed by atoms with E-state index in [0.717, 1.165) is 38.3 Å². The van der Waals surface area contributed by atoms with Crippen molar-refractivity contribution in [1.29, 1.82) is 0 Å². The van der Waals surface area contributed by atoms with Gasteiger partial charge in [0.05, 0.1) is 29.3 Å². The molecule has 118 valence electrons. The van der Waals surface area contributed by atoms with Gasteiger partial charge in [0.15, 0.2) is 0 Å². The number of nitrogens with one attached hydrogen (secondary N) is 1. The van der Waals surface area contributed by atoms with Gasteiger partial charge >= 0.3 is 0 Å². The van der Waals surface area contributed by atoms with Gasteiger partial charge in [-0.3, -0.25) is 4.90 Å². The molecule has 2 rings (SSSR count). The monoisotopic (exact) mass is 330 g/mol. The fraction of sp³-hybridized carbons (Fsp3) is 0.625. The summed E-state index contributed by atoms with van der Waals surface area (Å²) in [5.74, 6) is 0. The highest BCUT2D eigenvalue weighted by Gasteiger charge is 2.40. The van der Waals surface area contributed by atoms with Crippen molar-refractivity contribution in [2.75, 3.05) is 33.4 Å². The Labute approximate surface area is 137 Å². The van der Waals surface area contributed by atoms with Crippen LogP contribution in [0.5, 0.6) is 0 Å². The molecule has 0 aromatic heterocycles. The molecular weight excluding hydrogens is 307 g/mol. The second-order valence-electron chi connectivity index (χ2n) is 5.67. The van der Waals surface area contributed by atoms with E-state index in [0.29, 0.717) is 10.0 Å². The maximum Gasteiger partial charge on any atom is 0.0640 e. The Morgan fingerprint density at radius 2 is 2.00 bits per heavy atom. The zero-order chi connectivity index (χ0) is 15.5. The van der Waals surface area contributed by atoms with E-state index in [1.165, 1.54) is 0 Å². The van der Waals surface area contributed by atoms with Crippen LogP contribution in [0.15, 0.2) is 18.2 Å².